The van der Waals surface area contributed by atoms with Gasteiger partial charge < -0.3 is 14.2 Å². The topological polar surface area (TPSA) is 78.9 Å². The second-order valence-electron chi connectivity index (χ2n) is 4.79. The molecule has 1 heterocycles. The highest BCUT2D eigenvalue weighted by atomic mass is 32.1. The Morgan fingerprint density at radius 2 is 1.71 bits per heavy atom. The van der Waals surface area contributed by atoms with Crippen LogP contribution in [0.3, 0.4) is 0 Å². The number of hydrogen-bond acceptors (Lipinski definition) is 7. The Bertz CT molecular complexity index is 777. The van der Waals surface area contributed by atoms with E-state index in [2.05, 4.69) is 0 Å². The summed E-state index contributed by atoms with van der Waals surface area (Å²) in [4.78, 5) is 36.1. The molecule has 0 amide bonds. The van der Waals surface area contributed by atoms with Crippen LogP contribution in [0.5, 0.6) is 11.5 Å². The van der Waals surface area contributed by atoms with Crippen molar-refractivity contribution in [2.24, 2.45) is 0 Å². The fourth-order valence-electron chi connectivity index (χ4n) is 1.95. The smallest absolute Gasteiger partial charge is 0.348 e. The predicted octanol–water partition coefficient (Wildman–Crippen LogP) is 3.01. The van der Waals surface area contributed by atoms with Crippen LogP contribution in [0.25, 0.3) is 0 Å². The molecule has 1 aromatic carbocycles. The second kappa shape index (κ2) is 7.74. The third-order valence-electron chi connectivity index (χ3n) is 3.20. The number of carbonyl (C=O) groups is 3. The molecule has 0 bridgehead atoms. The zero-order valence-electron chi connectivity index (χ0n) is 13.5. The first-order valence-corrected chi connectivity index (χ1v) is 7.81. The van der Waals surface area contributed by atoms with E-state index in [0.29, 0.717) is 21.9 Å². The number of methoxy groups -OCH3 is 2. The van der Waals surface area contributed by atoms with E-state index in [1.165, 1.54) is 27.2 Å². The maximum Gasteiger partial charge on any atom is 0.348 e. The van der Waals surface area contributed by atoms with Crippen molar-refractivity contribution in [2.75, 3.05) is 20.8 Å². The highest BCUT2D eigenvalue weighted by Crippen LogP contribution is 2.25. The molecule has 0 saturated heterocycles. The fourth-order valence-corrected chi connectivity index (χ4v) is 2.74. The van der Waals surface area contributed by atoms with E-state index in [1.807, 2.05) is 0 Å². The molecule has 0 N–H and O–H groups in total. The number of thiophene rings is 1. The lowest BCUT2D eigenvalue weighted by Gasteiger charge is -2.09. The van der Waals surface area contributed by atoms with Crippen molar-refractivity contribution in [3.05, 3.63) is 45.6 Å². The van der Waals surface area contributed by atoms with Gasteiger partial charge in [-0.15, -0.1) is 11.3 Å². The van der Waals surface area contributed by atoms with E-state index in [1.54, 1.807) is 24.3 Å². The van der Waals surface area contributed by atoms with Gasteiger partial charge in [0.2, 0.25) is 5.78 Å². The summed E-state index contributed by atoms with van der Waals surface area (Å²) >= 11 is 1.03. The number of hydrogen-bond donors (Lipinski definition) is 0. The Morgan fingerprint density at radius 1 is 1.00 bits per heavy atom. The molecule has 7 heteroatoms. The van der Waals surface area contributed by atoms with Gasteiger partial charge in [0.25, 0.3) is 0 Å². The summed E-state index contributed by atoms with van der Waals surface area (Å²) in [5.74, 6) is -0.279. The first kappa shape index (κ1) is 17.7. The molecule has 2 aromatic rings. The van der Waals surface area contributed by atoms with Crippen LogP contribution in [-0.2, 0) is 4.74 Å². The molecule has 24 heavy (non-hydrogen) atoms. The third-order valence-corrected chi connectivity index (χ3v) is 4.36. The first-order valence-electron chi connectivity index (χ1n) is 6.99. The van der Waals surface area contributed by atoms with Crippen LogP contribution >= 0.6 is 11.3 Å². The van der Waals surface area contributed by atoms with Gasteiger partial charge in [-0.2, -0.15) is 0 Å². The van der Waals surface area contributed by atoms with E-state index >= 15 is 0 Å². The van der Waals surface area contributed by atoms with Gasteiger partial charge in [0, 0.05) is 6.07 Å². The summed E-state index contributed by atoms with van der Waals surface area (Å²) in [6, 6.07) is 7.80. The summed E-state index contributed by atoms with van der Waals surface area (Å²) in [5.41, 5.74) is 0.293. The van der Waals surface area contributed by atoms with Gasteiger partial charge in [0.1, 0.15) is 16.4 Å². The van der Waals surface area contributed by atoms with Crippen molar-refractivity contribution in [1.82, 2.24) is 0 Å². The van der Waals surface area contributed by atoms with Crippen molar-refractivity contribution in [2.45, 2.75) is 6.92 Å². The van der Waals surface area contributed by atoms with Crippen LogP contribution in [0, 0.1) is 0 Å². The summed E-state index contributed by atoms with van der Waals surface area (Å²) in [6.45, 7) is 0.995. The van der Waals surface area contributed by atoms with E-state index in [0.717, 1.165) is 11.3 Å². The van der Waals surface area contributed by atoms with Gasteiger partial charge >= 0.3 is 5.97 Å². The number of benzene rings is 1. The number of esters is 1. The maximum absolute atomic E-state index is 12.2. The molecule has 126 valence electrons. The summed E-state index contributed by atoms with van der Waals surface area (Å²) < 4.78 is 15.2. The van der Waals surface area contributed by atoms with Gasteiger partial charge in [-0.1, -0.05) is 0 Å². The highest BCUT2D eigenvalue weighted by molar-refractivity contribution is 7.15. The molecule has 1 aromatic heterocycles. The molecule has 0 atom stereocenters. The quantitative estimate of drug-likeness (QED) is 0.565. The van der Waals surface area contributed by atoms with E-state index in [-0.39, 0.29) is 10.7 Å². The van der Waals surface area contributed by atoms with Crippen LogP contribution in [0.4, 0.5) is 0 Å². The minimum Gasteiger partial charge on any atom is -0.497 e. The van der Waals surface area contributed by atoms with Crippen LogP contribution in [-0.4, -0.2) is 38.4 Å². The number of Topliss-reactive ketones (excluding diaryl/α,β-unsaturated/α-hetero) is 2. The predicted molar refractivity (Wildman–Crippen MR) is 88.5 cm³/mol. The Labute approximate surface area is 143 Å². The van der Waals surface area contributed by atoms with Crippen LogP contribution in [0.1, 0.15) is 36.6 Å². The van der Waals surface area contributed by atoms with Crippen LogP contribution in [0.15, 0.2) is 30.3 Å². The lowest BCUT2D eigenvalue weighted by atomic mass is 10.1. The summed E-state index contributed by atoms with van der Waals surface area (Å²) in [7, 11) is 2.95. The molecule has 0 aliphatic carbocycles. The van der Waals surface area contributed by atoms with Gasteiger partial charge in [-0.25, -0.2) is 4.79 Å². The molecular formula is C17H16O6S. The van der Waals surface area contributed by atoms with E-state index in [9.17, 15) is 14.4 Å². The zero-order chi connectivity index (χ0) is 17.7. The molecule has 6 nitrogen and oxygen atoms in total. The molecule has 2 rings (SSSR count). The Hall–Kier alpha value is -2.67. The molecule has 0 aliphatic heterocycles. The van der Waals surface area contributed by atoms with Crippen molar-refractivity contribution in [3.8, 4) is 11.5 Å². The monoisotopic (exact) mass is 348 g/mol. The standard InChI is InChI=1S/C17H16O6S/c1-10(18)15-6-7-16(24-15)17(20)23-9-13(19)12-5-4-11(21-2)8-14(12)22-3/h4-8H,9H2,1-3H3. The van der Waals surface area contributed by atoms with Crippen molar-refractivity contribution < 1.29 is 28.6 Å². The van der Waals surface area contributed by atoms with Gasteiger partial charge in [-0.05, 0) is 31.2 Å². The van der Waals surface area contributed by atoms with Gasteiger partial charge in [0.15, 0.2) is 12.4 Å². The molecule has 0 aliphatic rings. The average molecular weight is 348 g/mol. The Balaban J connectivity index is 2.04. The van der Waals surface area contributed by atoms with Crippen molar-refractivity contribution in [3.63, 3.8) is 0 Å². The molecule has 0 unspecified atom stereocenters. The molecule has 0 radical (unpaired) electrons. The van der Waals surface area contributed by atoms with E-state index in [4.69, 9.17) is 14.2 Å². The molecule has 0 fully saturated rings. The Morgan fingerprint density at radius 3 is 2.29 bits per heavy atom. The molecular weight excluding hydrogens is 332 g/mol. The lowest BCUT2D eigenvalue weighted by molar-refractivity contribution is 0.0478. The Kier molecular flexibility index (Phi) is 5.70. The lowest BCUT2D eigenvalue weighted by Crippen LogP contribution is -2.14. The normalized spacial score (nSPS) is 10.1. The molecule has 0 spiro atoms. The minimum atomic E-state index is -0.645. The number of ether oxygens (including phenoxy) is 3. The van der Waals surface area contributed by atoms with Gasteiger partial charge in [-0.3, -0.25) is 9.59 Å². The minimum absolute atomic E-state index is 0.127. The van der Waals surface area contributed by atoms with E-state index < -0.39 is 18.4 Å². The summed E-state index contributed by atoms with van der Waals surface area (Å²) in [6.07, 6.45) is 0. The van der Waals surface area contributed by atoms with Crippen molar-refractivity contribution >= 4 is 28.9 Å². The number of rotatable bonds is 7. The SMILES string of the molecule is COc1ccc(C(=O)COC(=O)c2ccc(C(C)=O)s2)c(OC)c1. The average Bonchev–Trinajstić information content (AvgIpc) is 3.09. The maximum atomic E-state index is 12.2. The first-order chi connectivity index (χ1) is 11.5. The largest absolute Gasteiger partial charge is 0.497 e. The zero-order valence-corrected chi connectivity index (χ0v) is 14.3. The highest BCUT2D eigenvalue weighted by Gasteiger charge is 2.18. The van der Waals surface area contributed by atoms with Gasteiger partial charge in [0.05, 0.1) is 24.7 Å². The number of ketones is 2. The number of carbonyl (C=O) groups excluding carboxylic acids is 3. The second-order valence-corrected chi connectivity index (χ2v) is 5.87. The summed E-state index contributed by atoms with van der Waals surface area (Å²) in [5, 5.41) is 0. The third kappa shape index (κ3) is 3.99. The van der Waals surface area contributed by atoms with Crippen LogP contribution in [0.2, 0.25) is 0 Å². The molecule has 0 saturated carbocycles. The fraction of sp³-hybridized carbons (Fsp3) is 0.235. The van der Waals surface area contributed by atoms with Crippen molar-refractivity contribution in [1.29, 1.82) is 0 Å². The van der Waals surface area contributed by atoms with Crippen LogP contribution < -0.4 is 9.47 Å².